The summed E-state index contributed by atoms with van der Waals surface area (Å²) in [6.45, 7) is 2.72. The Hall–Kier alpha value is -0.940. The standard InChI is InChI=1S/C20H40N2O3/c1-2-3-4-5-6-7-8-9-10-11-12-15-18(23)20(22,19(24)25)16-13-14-17-21/h2-17,21-22H2,1H3,(H,24,25)/t20-/m1/s1. The summed E-state index contributed by atoms with van der Waals surface area (Å²) in [5.41, 5.74) is 9.55. The third-order valence-electron chi connectivity index (χ3n) is 4.91. The number of aliphatic carboxylic acids is 1. The smallest absolute Gasteiger partial charge is 0.331 e. The predicted molar refractivity (Wildman–Crippen MR) is 104 cm³/mol. The van der Waals surface area contributed by atoms with Crippen molar-refractivity contribution in [1.29, 1.82) is 0 Å². The van der Waals surface area contributed by atoms with Crippen LogP contribution in [0.3, 0.4) is 0 Å². The maximum Gasteiger partial charge on any atom is 0.331 e. The van der Waals surface area contributed by atoms with E-state index < -0.39 is 11.5 Å². The van der Waals surface area contributed by atoms with E-state index in [-0.39, 0.29) is 18.6 Å². The van der Waals surface area contributed by atoms with E-state index in [0.29, 0.717) is 19.4 Å². The van der Waals surface area contributed by atoms with Crippen molar-refractivity contribution in [3.05, 3.63) is 0 Å². The molecule has 148 valence electrons. The molecular formula is C20H40N2O3. The van der Waals surface area contributed by atoms with E-state index in [2.05, 4.69) is 6.92 Å². The molecule has 0 radical (unpaired) electrons. The second-order valence-corrected chi connectivity index (χ2v) is 7.23. The first-order valence-corrected chi connectivity index (χ1v) is 10.2. The zero-order valence-corrected chi connectivity index (χ0v) is 16.2. The first-order chi connectivity index (χ1) is 12.0. The van der Waals surface area contributed by atoms with Gasteiger partial charge in [-0.25, -0.2) is 4.79 Å². The molecule has 0 saturated carbocycles. The number of unbranched alkanes of at least 4 members (excludes halogenated alkanes) is 11. The van der Waals surface area contributed by atoms with Gasteiger partial charge in [-0.05, 0) is 32.2 Å². The van der Waals surface area contributed by atoms with Crippen LogP contribution in [-0.2, 0) is 9.59 Å². The zero-order valence-electron chi connectivity index (χ0n) is 16.2. The number of ketones is 1. The molecular weight excluding hydrogens is 316 g/mol. The minimum absolute atomic E-state index is 0.177. The number of carboxylic acid groups (broad SMARTS) is 1. The molecule has 0 fully saturated rings. The summed E-state index contributed by atoms with van der Waals surface area (Å²) in [6.07, 6.45) is 15.0. The lowest BCUT2D eigenvalue weighted by Gasteiger charge is -2.23. The summed E-state index contributed by atoms with van der Waals surface area (Å²) >= 11 is 0. The molecule has 0 heterocycles. The normalized spacial score (nSPS) is 13.6. The van der Waals surface area contributed by atoms with Crippen molar-refractivity contribution in [2.75, 3.05) is 6.54 Å². The SMILES string of the molecule is CCCCCCCCCCCCCC(=O)[C@](N)(CCCCN)C(=O)O. The molecule has 0 aliphatic rings. The van der Waals surface area contributed by atoms with Gasteiger partial charge in [-0.15, -0.1) is 0 Å². The Bertz CT molecular complexity index is 361. The maximum absolute atomic E-state index is 12.2. The Morgan fingerprint density at radius 1 is 0.800 bits per heavy atom. The van der Waals surface area contributed by atoms with Gasteiger partial charge in [0.25, 0.3) is 0 Å². The number of carbonyl (C=O) groups is 2. The summed E-state index contributed by atoms with van der Waals surface area (Å²) in [7, 11) is 0. The van der Waals surface area contributed by atoms with E-state index in [0.717, 1.165) is 19.3 Å². The number of rotatable bonds is 18. The summed E-state index contributed by atoms with van der Waals surface area (Å²) in [4.78, 5) is 23.6. The Kier molecular flexibility index (Phi) is 14.7. The van der Waals surface area contributed by atoms with Crippen molar-refractivity contribution >= 4 is 11.8 Å². The van der Waals surface area contributed by atoms with E-state index in [4.69, 9.17) is 11.5 Å². The van der Waals surface area contributed by atoms with Gasteiger partial charge in [-0.2, -0.15) is 0 Å². The third-order valence-corrected chi connectivity index (χ3v) is 4.91. The van der Waals surface area contributed by atoms with Gasteiger partial charge in [0.2, 0.25) is 0 Å². The van der Waals surface area contributed by atoms with Gasteiger partial charge >= 0.3 is 5.97 Å². The van der Waals surface area contributed by atoms with Crippen LogP contribution in [0.4, 0.5) is 0 Å². The van der Waals surface area contributed by atoms with E-state index in [1.54, 1.807) is 0 Å². The highest BCUT2D eigenvalue weighted by molar-refractivity contribution is 6.07. The monoisotopic (exact) mass is 356 g/mol. The summed E-state index contributed by atoms with van der Waals surface area (Å²) in [5, 5.41) is 9.30. The van der Waals surface area contributed by atoms with Gasteiger partial charge in [0.05, 0.1) is 0 Å². The van der Waals surface area contributed by atoms with Crippen molar-refractivity contribution in [2.24, 2.45) is 11.5 Å². The van der Waals surface area contributed by atoms with Crippen LogP contribution < -0.4 is 11.5 Å². The van der Waals surface area contributed by atoms with Crippen molar-refractivity contribution in [2.45, 2.75) is 109 Å². The van der Waals surface area contributed by atoms with Gasteiger partial charge in [0.15, 0.2) is 11.3 Å². The Morgan fingerprint density at radius 3 is 1.72 bits per heavy atom. The number of carboxylic acids is 1. The molecule has 0 spiro atoms. The van der Waals surface area contributed by atoms with E-state index in [9.17, 15) is 14.7 Å². The molecule has 0 aromatic carbocycles. The Labute approximate surface area is 153 Å². The molecule has 0 aromatic rings. The average Bonchev–Trinajstić information content (AvgIpc) is 2.59. The van der Waals surface area contributed by atoms with Gasteiger partial charge in [0.1, 0.15) is 0 Å². The van der Waals surface area contributed by atoms with Gasteiger partial charge < -0.3 is 16.6 Å². The third kappa shape index (κ3) is 11.3. The summed E-state index contributed by atoms with van der Waals surface area (Å²) in [5.74, 6) is -1.55. The number of Topliss-reactive ketones (excluding diaryl/α,β-unsaturated/α-hetero) is 1. The lowest BCUT2D eigenvalue weighted by Crippen LogP contribution is -2.54. The van der Waals surface area contributed by atoms with Crippen LogP contribution in [0.15, 0.2) is 0 Å². The van der Waals surface area contributed by atoms with Crippen LogP contribution in [-0.4, -0.2) is 28.9 Å². The predicted octanol–water partition coefficient (Wildman–Crippen LogP) is 4.17. The second-order valence-electron chi connectivity index (χ2n) is 7.23. The molecule has 1 atom stereocenters. The average molecular weight is 357 g/mol. The molecule has 0 rings (SSSR count). The van der Waals surface area contributed by atoms with Crippen molar-refractivity contribution < 1.29 is 14.7 Å². The molecule has 5 nitrogen and oxygen atoms in total. The van der Waals surface area contributed by atoms with Crippen LogP contribution in [0.2, 0.25) is 0 Å². The highest BCUT2D eigenvalue weighted by Crippen LogP contribution is 2.18. The van der Waals surface area contributed by atoms with Gasteiger partial charge in [-0.1, -0.05) is 71.1 Å². The van der Waals surface area contributed by atoms with Crippen LogP contribution >= 0.6 is 0 Å². The number of hydrogen-bond acceptors (Lipinski definition) is 4. The van der Waals surface area contributed by atoms with E-state index in [1.165, 1.54) is 51.4 Å². The fourth-order valence-corrected chi connectivity index (χ4v) is 3.09. The first kappa shape index (κ1) is 24.1. The Balaban J connectivity index is 3.77. The van der Waals surface area contributed by atoms with Gasteiger partial charge in [0, 0.05) is 6.42 Å². The lowest BCUT2D eigenvalue weighted by atomic mass is 9.86. The molecule has 0 bridgehead atoms. The minimum Gasteiger partial charge on any atom is -0.480 e. The first-order valence-electron chi connectivity index (χ1n) is 10.2. The lowest BCUT2D eigenvalue weighted by molar-refractivity contribution is -0.148. The quantitative estimate of drug-likeness (QED) is 0.252. The maximum atomic E-state index is 12.2. The fraction of sp³-hybridized carbons (Fsp3) is 0.900. The fourth-order valence-electron chi connectivity index (χ4n) is 3.09. The van der Waals surface area contributed by atoms with Crippen LogP contribution in [0.25, 0.3) is 0 Å². The van der Waals surface area contributed by atoms with Crippen molar-refractivity contribution in [3.63, 3.8) is 0 Å². The number of carbonyl (C=O) groups excluding carboxylic acids is 1. The molecule has 5 N–H and O–H groups in total. The second kappa shape index (κ2) is 15.3. The number of hydrogen-bond donors (Lipinski definition) is 3. The molecule has 0 aliphatic carbocycles. The molecule has 0 unspecified atom stereocenters. The topological polar surface area (TPSA) is 106 Å². The molecule has 0 aromatic heterocycles. The highest BCUT2D eigenvalue weighted by Gasteiger charge is 2.40. The van der Waals surface area contributed by atoms with Crippen molar-refractivity contribution in [1.82, 2.24) is 0 Å². The van der Waals surface area contributed by atoms with Gasteiger partial charge in [-0.3, -0.25) is 4.79 Å². The van der Waals surface area contributed by atoms with E-state index >= 15 is 0 Å². The van der Waals surface area contributed by atoms with Crippen molar-refractivity contribution in [3.8, 4) is 0 Å². The van der Waals surface area contributed by atoms with Crippen LogP contribution in [0.1, 0.15) is 103 Å². The summed E-state index contributed by atoms with van der Waals surface area (Å²) in [6, 6.07) is 0. The Morgan fingerprint density at radius 2 is 1.28 bits per heavy atom. The highest BCUT2D eigenvalue weighted by atomic mass is 16.4. The summed E-state index contributed by atoms with van der Waals surface area (Å²) < 4.78 is 0. The van der Waals surface area contributed by atoms with Crippen LogP contribution in [0, 0.1) is 0 Å². The molecule has 0 saturated heterocycles. The molecule has 0 aliphatic heterocycles. The number of nitrogens with two attached hydrogens (primary N) is 2. The zero-order chi connectivity index (χ0) is 19.0. The minimum atomic E-state index is -1.73. The van der Waals surface area contributed by atoms with E-state index in [1.807, 2.05) is 0 Å². The molecule has 5 heteroatoms. The van der Waals surface area contributed by atoms with Crippen LogP contribution in [0.5, 0.6) is 0 Å². The largest absolute Gasteiger partial charge is 0.480 e. The molecule has 0 amide bonds. The molecule has 25 heavy (non-hydrogen) atoms.